The van der Waals surface area contributed by atoms with Gasteiger partial charge in [-0.2, -0.15) is 0 Å². The summed E-state index contributed by atoms with van der Waals surface area (Å²) in [5, 5.41) is 3.11. The van der Waals surface area contributed by atoms with E-state index in [-0.39, 0.29) is 24.2 Å². The van der Waals surface area contributed by atoms with E-state index >= 15 is 0 Å². The molecule has 2 fully saturated rings. The van der Waals surface area contributed by atoms with E-state index in [1.807, 2.05) is 0 Å². The Labute approximate surface area is 103 Å². The summed E-state index contributed by atoms with van der Waals surface area (Å²) >= 11 is 0. The normalized spacial score (nSPS) is 33.2. The summed E-state index contributed by atoms with van der Waals surface area (Å²) < 4.78 is 11.4. The van der Waals surface area contributed by atoms with Crippen molar-refractivity contribution in [1.29, 1.82) is 0 Å². The first-order chi connectivity index (χ1) is 8.15. The predicted molar refractivity (Wildman–Crippen MR) is 64.7 cm³/mol. The number of rotatable bonds is 3. The maximum absolute atomic E-state index is 11.7. The Hall–Kier alpha value is -0.610. The minimum atomic E-state index is 0.167. The third kappa shape index (κ3) is 3.68. The first kappa shape index (κ1) is 12.8. The number of hydrogen-bond acceptors (Lipinski definition) is 3. The molecule has 3 unspecified atom stereocenters. The lowest BCUT2D eigenvalue weighted by molar-refractivity contribution is -0.158. The highest BCUT2D eigenvalue weighted by Crippen LogP contribution is 2.26. The standard InChI is InChI=1S/C13H23NO3/c1-9(2)7-13(15)14-10-3-4-11-12(8-10)17-6-5-16-11/h9-12H,3-8H2,1-2H3,(H,14,15). The molecule has 1 saturated carbocycles. The molecule has 1 N–H and O–H groups in total. The molecule has 0 radical (unpaired) electrons. The van der Waals surface area contributed by atoms with Gasteiger partial charge < -0.3 is 14.8 Å². The van der Waals surface area contributed by atoms with Gasteiger partial charge in [-0.3, -0.25) is 4.79 Å². The van der Waals surface area contributed by atoms with Crippen molar-refractivity contribution >= 4 is 5.91 Å². The van der Waals surface area contributed by atoms with Crippen LogP contribution in [0.3, 0.4) is 0 Å². The van der Waals surface area contributed by atoms with Gasteiger partial charge in [-0.1, -0.05) is 13.8 Å². The number of carbonyl (C=O) groups is 1. The van der Waals surface area contributed by atoms with Gasteiger partial charge in [0, 0.05) is 12.5 Å². The van der Waals surface area contributed by atoms with Crippen molar-refractivity contribution < 1.29 is 14.3 Å². The highest BCUT2D eigenvalue weighted by molar-refractivity contribution is 5.76. The van der Waals surface area contributed by atoms with E-state index in [1.54, 1.807) is 0 Å². The zero-order chi connectivity index (χ0) is 12.3. The Balaban J connectivity index is 1.77. The van der Waals surface area contributed by atoms with Gasteiger partial charge >= 0.3 is 0 Å². The second kappa shape index (κ2) is 5.83. The van der Waals surface area contributed by atoms with Crippen LogP contribution in [0.15, 0.2) is 0 Å². The van der Waals surface area contributed by atoms with E-state index in [9.17, 15) is 4.79 Å². The van der Waals surface area contributed by atoms with E-state index in [1.165, 1.54) is 0 Å². The van der Waals surface area contributed by atoms with Crippen LogP contribution in [-0.4, -0.2) is 37.4 Å². The first-order valence-corrected chi connectivity index (χ1v) is 6.67. The summed E-state index contributed by atoms with van der Waals surface area (Å²) in [6.07, 6.45) is 3.95. The number of amides is 1. The van der Waals surface area contributed by atoms with Gasteiger partial charge in [0.25, 0.3) is 0 Å². The van der Waals surface area contributed by atoms with E-state index in [4.69, 9.17) is 9.47 Å². The number of fused-ring (bicyclic) bond motifs is 1. The topological polar surface area (TPSA) is 47.6 Å². The lowest BCUT2D eigenvalue weighted by Crippen LogP contribution is -2.49. The largest absolute Gasteiger partial charge is 0.373 e. The summed E-state index contributed by atoms with van der Waals surface area (Å²) in [5.41, 5.74) is 0. The number of carbonyl (C=O) groups excluding carboxylic acids is 1. The van der Waals surface area contributed by atoms with Crippen LogP contribution < -0.4 is 5.32 Å². The van der Waals surface area contributed by atoms with Crippen molar-refractivity contribution in [1.82, 2.24) is 5.32 Å². The van der Waals surface area contributed by atoms with Gasteiger partial charge in [0.2, 0.25) is 5.91 Å². The van der Waals surface area contributed by atoms with Gasteiger partial charge in [-0.05, 0) is 25.2 Å². The van der Waals surface area contributed by atoms with E-state index < -0.39 is 0 Å². The van der Waals surface area contributed by atoms with Crippen molar-refractivity contribution in [3.05, 3.63) is 0 Å². The Morgan fingerprint density at radius 2 is 1.94 bits per heavy atom. The van der Waals surface area contributed by atoms with Crippen molar-refractivity contribution in [3.8, 4) is 0 Å². The van der Waals surface area contributed by atoms with E-state index in [0.29, 0.717) is 25.6 Å². The zero-order valence-corrected chi connectivity index (χ0v) is 10.8. The summed E-state index contributed by atoms with van der Waals surface area (Å²) in [5.74, 6) is 0.584. The highest BCUT2D eigenvalue weighted by atomic mass is 16.6. The van der Waals surface area contributed by atoms with Gasteiger partial charge in [-0.15, -0.1) is 0 Å². The van der Waals surface area contributed by atoms with Crippen LogP contribution in [0, 0.1) is 5.92 Å². The molecule has 1 heterocycles. The molecule has 2 rings (SSSR count). The summed E-state index contributed by atoms with van der Waals surface area (Å²) in [6.45, 7) is 5.53. The number of hydrogen-bond donors (Lipinski definition) is 1. The quantitative estimate of drug-likeness (QED) is 0.814. The molecule has 0 aromatic rings. The maximum atomic E-state index is 11.7. The Morgan fingerprint density at radius 1 is 1.24 bits per heavy atom. The summed E-state index contributed by atoms with van der Waals surface area (Å²) in [4.78, 5) is 11.7. The van der Waals surface area contributed by atoms with Crippen LogP contribution in [0.2, 0.25) is 0 Å². The monoisotopic (exact) mass is 241 g/mol. The van der Waals surface area contributed by atoms with Gasteiger partial charge in [0.05, 0.1) is 25.4 Å². The molecule has 4 heteroatoms. The molecule has 3 atom stereocenters. The minimum absolute atomic E-state index is 0.167. The molecular weight excluding hydrogens is 218 g/mol. The van der Waals surface area contributed by atoms with Crippen molar-refractivity contribution in [2.24, 2.45) is 5.92 Å². The summed E-state index contributed by atoms with van der Waals surface area (Å²) in [7, 11) is 0. The van der Waals surface area contributed by atoms with Gasteiger partial charge in [-0.25, -0.2) is 0 Å². The molecule has 0 aromatic heterocycles. The molecule has 0 aromatic carbocycles. The third-order valence-corrected chi connectivity index (χ3v) is 3.44. The number of nitrogens with one attached hydrogen (secondary N) is 1. The molecule has 1 saturated heterocycles. The molecular formula is C13H23NO3. The van der Waals surface area contributed by atoms with Crippen LogP contribution >= 0.6 is 0 Å². The Bertz CT molecular complexity index is 267. The molecule has 17 heavy (non-hydrogen) atoms. The Kier molecular flexibility index (Phi) is 4.40. The van der Waals surface area contributed by atoms with Crippen LogP contribution in [0.4, 0.5) is 0 Å². The average Bonchev–Trinajstić information content (AvgIpc) is 2.27. The average molecular weight is 241 g/mol. The Morgan fingerprint density at radius 3 is 2.65 bits per heavy atom. The van der Waals surface area contributed by atoms with Crippen molar-refractivity contribution in [2.45, 2.75) is 57.8 Å². The SMILES string of the molecule is CC(C)CC(=O)NC1CCC2OCCOC2C1. The smallest absolute Gasteiger partial charge is 0.220 e. The van der Waals surface area contributed by atoms with Crippen molar-refractivity contribution in [3.63, 3.8) is 0 Å². The second-order valence-corrected chi connectivity index (χ2v) is 5.49. The molecule has 98 valence electrons. The van der Waals surface area contributed by atoms with Crippen LogP contribution in [0.1, 0.15) is 39.5 Å². The summed E-state index contributed by atoms with van der Waals surface area (Å²) in [6, 6.07) is 0.268. The molecule has 4 nitrogen and oxygen atoms in total. The van der Waals surface area contributed by atoms with Crippen LogP contribution in [-0.2, 0) is 14.3 Å². The molecule has 0 bridgehead atoms. The highest BCUT2D eigenvalue weighted by Gasteiger charge is 2.34. The van der Waals surface area contributed by atoms with E-state index in [2.05, 4.69) is 19.2 Å². The van der Waals surface area contributed by atoms with Gasteiger partial charge in [0.1, 0.15) is 0 Å². The fourth-order valence-electron chi connectivity index (χ4n) is 2.65. The lowest BCUT2D eigenvalue weighted by Gasteiger charge is -2.39. The van der Waals surface area contributed by atoms with Gasteiger partial charge in [0.15, 0.2) is 0 Å². The first-order valence-electron chi connectivity index (χ1n) is 6.67. The van der Waals surface area contributed by atoms with E-state index in [0.717, 1.165) is 19.3 Å². The second-order valence-electron chi connectivity index (χ2n) is 5.49. The molecule has 2 aliphatic rings. The fourth-order valence-corrected chi connectivity index (χ4v) is 2.65. The fraction of sp³-hybridized carbons (Fsp3) is 0.923. The van der Waals surface area contributed by atoms with Crippen LogP contribution in [0.25, 0.3) is 0 Å². The predicted octanol–water partition coefficient (Wildman–Crippen LogP) is 1.49. The lowest BCUT2D eigenvalue weighted by atomic mass is 9.89. The van der Waals surface area contributed by atoms with Crippen molar-refractivity contribution in [2.75, 3.05) is 13.2 Å². The molecule has 1 aliphatic heterocycles. The molecule has 1 amide bonds. The van der Waals surface area contributed by atoms with Crippen LogP contribution in [0.5, 0.6) is 0 Å². The minimum Gasteiger partial charge on any atom is -0.373 e. The number of ether oxygens (including phenoxy) is 2. The third-order valence-electron chi connectivity index (χ3n) is 3.44. The maximum Gasteiger partial charge on any atom is 0.220 e. The molecule has 0 spiro atoms. The zero-order valence-electron chi connectivity index (χ0n) is 10.8. The molecule has 1 aliphatic carbocycles.